The van der Waals surface area contributed by atoms with Crippen LogP contribution >= 0.6 is 39.1 Å². The van der Waals surface area contributed by atoms with Crippen LogP contribution in [0.25, 0.3) is 0 Å². The minimum atomic E-state index is -0.802. The van der Waals surface area contributed by atoms with Gasteiger partial charge in [0.15, 0.2) is 0 Å². The van der Waals surface area contributed by atoms with Crippen LogP contribution in [0.5, 0.6) is 0 Å². The third-order valence-electron chi connectivity index (χ3n) is 10.5. The average Bonchev–Trinajstić information content (AvgIpc) is 3.10. The maximum atomic E-state index is 14.1. The predicted molar refractivity (Wildman–Crippen MR) is 192 cm³/mol. The number of carboxylic acid groups (broad SMARTS) is 1. The summed E-state index contributed by atoms with van der Waals surface area (Å²) in [5.74, 6) is -1.47. The number of carboxylic acids is 1. The van der Waals surface area contributed by atoms with E-state index in [2.05, 4.69) is 26.1 Å². The molecule has 49 heavy (non-hydrogen) atoms. The molecule has 0 spiro atoms. The van der Waals surface area contributed by atoms with Gasteiger partial charge in [0.1, 0.15) is 0 Å². The van der Waals surface area contributed by atoms with Gasteiger partial charge in [-0.1, -0.05) is 41.4 Å². The molecule has 2 aromatic rings. The van der Waals surface area contributed by atoms with Crippen molar-refractivity contribution in [2.45, 2.75) is 57.2 Å². The summed E-state index contributed by atoms with van der Waals surface area (Å²) in [6.07, 6.45) is 3.45. The van der Waals surface area contributed by atoms with Crippen LogP contribution in [0.1, 0.15) is 43.2 Å². The van der Waals surface area contributed by atoms with E-state index >= 15 is 0 Å². The van der Waals surface area contributed by atoms with E-state index in [1.54, 1.807) is 12.1 Å². The number of benzene rings is 2. The summed E-state index contributed by atoms with van der Waals surface area (Å²) in [4.78, 5) is 61.9. The van der Waals surface area contributed by atoms with Crippen LogP contribution in [0, 0.1) is 5.92 Å². The lowest BCUT2D eigenvalue weighted by atomic mass is 9.92. The molecule has 4 aliphatic rings. The molecule has 4 aliphatic heterocycles. The number of piperidine rings is 2. The average molecular weight is 779 g/mol. The number of nitrogens with one attached hydrogen (secondary N) is 1. The number of halogens is 3. The van der Waals surface area contributed by atoms with Gasteiger partial charge in [-0.05, 0) is 77.4 Å². The molecule has 264 valence electrons. The Morgan fingerprint density at radius 2 is 1.49 bits per heavy atom. The molecule has 0 saturated carbocycles. The molecule has 2 N–H and O–H groups in total. The Morgan fingerprint density at radius 1 is 0.878 bits per heavy atom. The molecule has 4 amide bonds. The van der Waals surface area contributed by atoms with E-state index in [-0.39, 0.29) is 36.9 Å². The number of para-hydroxylation sites is 1. The van der Waals surface area contributed by atoms with Crippen molar-refractivity contribution in [1.29, 1.82) is 0 Å². The number of likely N-dealkylation sites (tertiary alicyclic amines) is 2. The molecule has 0 aliphatic carbocycles. The molecule has 1 unspecified atom stereocenters. The SMILES string of the molecule is O=C(O)CN1CCN(C2CCN(C(=O)C(CC(=O)N3CCC(N4Cc5ccccc5NC4=O)CC3)Cc3cc(Cl)c(Br)c(Cl)c3)CC2)CC1. The van der Waals surface area contributed by atoms with Crippen molar-refractivity contribution in [3.63, 3.8) is 0 Å². The second-order valence-corrected chi connectivity index (χ2v) is 15.2. The lowest BCUT2D eigenvalue weighted by Crippen LogP contribution is -2.55. The summed E-state index contributed by atoms with van der Waals surface area (Å²) in [7, 11) is 0. The van der Waals surface area contributed by atoms with Gasteiger partial charge in [0.2, 0.25) is 11.8 Å². The van der Waals surface area contributed by atoms with Crippen molar-refractivity contribution >= 4 is 68.6 Å². The largest absolute Gasteiger partial charge is 0.480 e. The Hall–Kier alpha value is -2.90. The minimum absolute atomic E-state index is 0.0309. The second-order valence-electron chi connectivity index (χ2n) is 13.6. The molecule has 4 heterocycles. The zero-order chi connectivity index (χ0) is 34.7. The molecule has 6 rings (SSSR count). The van der Waals surface area contributed by atoms with Crippen molar-refractivity contribution in [3.05, 3.63) is 62.0 Å². The number of anilines is 1. The van der Waals surface area contributed by atoms with Gasteiger partial charge in [-0.15, -0.1) is 0 Å². The minimum Gasteiger partial charge on any atom is -0.480 e. The predicted octanol–water partition coefficient (Wildman–Crippen LogP) is 5.04. The van der Waals surface area contributed by atoms with E-state index in [1.165, 1.54) is 0 Å². The Morgan fingerprint density at radius 3 is 2.14 bits per heavy atom. The summed E-state index contributed by atoms with van der Waals surface area (Å²) in [6.45, 7) is 5.98. The highest BCUT2D eigenvalue weighted by atomic mass is 79.9. The van der Waals surface area contributed by atoms with Gasteiger partial charge in [-0.2, -0.15) is 0 Å². The van der Waals surface area contributed by atoms with Crippen LogP contribution in [0.3, 0.4) is 0 Å². The monoisotopic (exact) mass is 776 g/mol. The molecule has 0 bridgehead atoms. The van der Waals surface area contributed by atoms with E-state index in [0.29, 0.717) is 72.5 Å². The Bertz CT molecular complexity index is 1530. The van der Waals surface area contributed by atoms with E-state index in [0.717, 1.165) is 55.8 Å². The lowest BCUT2D eigenvalue weighted by Gasteiger charge is -2.43. The molecule has 3 fully saturated rings. The number of fused-ring (bicyclic) bond motifs is 1. The number of carbonyl (C=O) groups is 4. The van der Waals surface area contributed by atoms with Crippen molar-refractivity contribution in [2.75, 3.05) is 64.2 Å². The van der Waals surface area contributed by atoms with Gasteiger partial charge in [0.05, 0.1) is 27.0 Å². The maximum absolute atomic E-state index is 14.1. The molecule has 0 radical (unpaired) electrons. The van der Waals surface area contributed by atoms with Crippen molar-refractivity contribution < 1.29 is 24.3 Å². The third-order valence-corrected chi connectivity index (χ3v) is 12.4. The number of carbonyl (C=O) groups excluding carboxylic acids is 3. The quantitative estimate of drug-likeness (QED) is 0.343. The smallest absolute Gasteiger partial charge is 0.322 e. The summed E-state index contributed by atoms with van der Waals surface area (Å²) >= 11 is 16.3. The highest BCUT2D eigenvalue weighted by molar-refractivity contribution is 9.10. The number of nitrogens with zero attached hydrogens (tertiary/aromatic N) is 5. The number of rotatable bonds is 9. The molecule has 3 saturated heterocycles. The zero-order valence-electron chi connectivity index (χ0n) is 27.5. The van der Waals surface area contributed by atoms with E-state index < -0.39 is 11.9 Å². The van der Waals surface area contributed by atoms with Crippen molar-refractivity contribution in [3.8, 4) is 0 Å². The molecule has 11 nitrogen and oxygen atoms in total. The number of hydrogen-bond acceptors (Lipinski definition) is 6. The topological polar surface area (TPSA) is 117 Å². The van der Waals surface area contributed by atoms with Gasteiger partial charge in [-0.3, -0.25) is 24.2 Å². The molecule has 0 aromatic heterocycles. The highest BCUT2D eigenvalue weighted by Gasteiger charge is 2.36. The van der Waals surface area contributed by atoms with Gasteiger partial charge in [0, 0.05) is 83.1 Å². The van der Waals surface area contributed by atoms with Crippen LogP contribution in [0.2, 0.25) is 10.0 Å². The number of piperazine rings is 1. The molecular weight excluding hydrogens is 735 g/mol. The Labute approximate surface area is 305 Å². The number of aliphatic carboxylic acids is 1. The van der Waals surface area contributed by atoms with Crippen LogP contribution in [0.4, 0.5) is 10.5 Å². The van der Waals surface area contributed by atoms with Crippen LogP contribution in [0.15, 0.2) is 40.9 Å². The van der Waals surface area contributed by atoms with Gasteiger partial charge in [0.25, 0.3) is 0 Å². The van der Waals surface area contributed by atoms with E-state index in [4.69, 9.17) is 28.3 Å². The molecule has 14 heteroatoms. The van der Waals surface area contributed by atoms with Gasteiger partial charge in [-0.25, -0.2) is 4.79 Å². The van der Waals surface area contributed by atoms with Crippen LogP contribution < -0.4 is 5.32 Å². The first kappa shape index (κ1) is 35.9. The van der Waals surface area contributed by atoms with Crippen molar-refractivity contribution in [1.82, 2.24) is 24.5 Å². The van der Waals surface area contributed by atoms with Crippen LogP contribution in [-0.2, 0) is 27.3 Å². The number of hydrogen-bond donors (Lipinski definition) is 2. The summed E-state index contributed by atoms with van der Waals surface area (Å²) in [5.41, 5.74) is 2.73. The third kappa shape index (κ3) is 8.71. The van der Waals surface area contributed by atoms with Crippen LogP contribution in [-0.4, -0.2) is 124 Å². The fourth-order valence-electron chi connectivity index (χ4n) is 7.73. The summed E-state index contributed by atoms with van der Waals surface area (Å²) < 4.78 is 0.596. The number of amides is 4. The van der Waals surface area contributed by atoms with E-state index in [1.807, 2.05) is 43.9 Å². The maximum Gasteiger partial charge on any atom is 0.322 e. The Kier molecular flexibility index (Phi) is 11.7. The first-order chi connectivity index (χ1) is 23.5. The molecular formula is C35H43BrCl2N6O5. The second kappa shape index (κ2) is 16.0. The fraction of sp³-hybridized carbons (Fsp3) is 0.543. The first-order valence-electron chi connectivity index (χ1n) is 17.1. The van der Waals surface area contributed by atoms with Crippen molar-refractivity contribution in [2.24, 2.45) is 5.92 Å². The van der Waals surface area contributed by atoms with Gasteiger partial charge < -0.3 is 25.1 Å². The summed E-state index contributed by atoms with van der Waals surface area (Å²) in [6, 6.07) is 11.7. The lowest BCUT2D eigenvalue weighted by molar-refractivity contribution is -0.143. The zero-order valence-corrected chi connectivity index (χ0v) is 30.6. The normalized spacial score (nSPS) is 20.6. The standard InChI is InChI=1S/C35H43BrCl2N6O5/c36-33-28(37)18-23(19-29(33)38)17-25(34(48)43-11-5-26(6-12-43)41-15-13-40(14-16-41)22-32(46)47)20-31(45)42-9-7-27(8-10-42)44-21-24-3-1-2-4-30(24)39-35(44)49/h1-4,18-19,25-27H,5-17,20-22H2,(H,39,49)(H,46,47). The molecule has 1 atom stereocenters. The fourth-order valence-corrected chi connectivity index (χ4v) is 8.49. The molecule has 2 aromatic carbocycles. The Balaban J connectivity index is 1.07. The highest BCUT2D eigenvalue weighted by Crippen LogP contribution is 2.34. The van der Waals surface area contributed by atoms with E-state index in [9.17, 15) is 19.2 Å². The number of urea groups is 1. The summed E-state index contributed by atoms with van der Waals surface area (Å²) in [5, 5.41) is 13.0. The first-order valence-corrected chi connectivity index (χ1v) is 18.6. The van der Waals surface area contributed by atoms with Gasteiger partial charge >= 0.3 is 12.0 Å².